The maximum atomic E-state index is 3.25. The molecule has 0 aliphatic heterocycles. The lowest BCUT2D eigenvalue weighted by atomic mass is 9.83. The average molecular weight is 185 g/mol. The minimum absolute atomic E-state index is 0.494. The van der Waals surface area contributed by atoms with Gasteiger partial charge in [0, 0.05) is 0 Å². The van der Waals surface area contributed by atoms with Crippen molar-refractivity contribution in [3.63, 3.8) is 0 Å². The van der Waals surface area contributed by atoms with Crippen molar-refractivity contribution in [1.29, 1.82) is 0 Å². The van der Waals surface area contributed by atoms with Gasteiger partial charge < -0.3 is 5.32 Å². The smallest absolute Gasteiger partial charge is 0.00236 e. The Bertz CT molecular complexity index is 124. The van der Waals surface area contributed by atoms with Crippen LogP contribution >= 0.6 is 0 Å². The highest BCUT2D eigenvalue weighted by molar-refractivity contribution is 4.68. The molecule has 2 unspecified atom stereocenters. The van der Waals surface area contributed by atoms with E-state index >= 15 is 0 Å². The topological polar surface area (TPSA) is 12.0 Å². The summed E-state index contributed by atoms with van der Waals surface area (Å²) in [6.45, 7) is 12.8. The number of nitrogens with one attached hydrogen (secondary N) is 1. The predicted octanol–water partition coefficient (Wildman–Crippen LogP) is 3.30. The lowest BCUT2D eigenvalue weighted by Gasteiger charge is -2.24. The lowest BCUT2D eigenvalue weighted by molar-refractivity contribution is 0.281. The van der Waals surface area contributed by atoms with Gasteiger partial charge in [-0.25, -0.2) is 0 Å². The van der Waals surface area contributed by atoms with Crippen LogP contribution in [0.1, 0.15) is 47.5 Å². The summed E-state index contributed by atoms with van der Waals surface area (Å²) in [4.78, 5) is 0. The molecule has 0 rings (SSSR count). The highest BCUT2D eigenvalue weighted by Gasteiger charge is 2.16. The van der Waals surface area contributed by atoms with Gasteiger partial charge in [0.1, 0.15) is 0 Å². The average Bonchev–Trinajstić information content (AvgIpc) is 1.99. The van der Waals surface area contributed by atoms with Gasteiger partial charge in [-0.1, -0.05) is 34.6 Å². The Labute approximate surface area is 84.3 Å². The zero-order chi connectivity index (χ0) is 10.5. The summed E-state index contributed by atoms with van der Waals surface area (Å²) < 4.78 is 0. The molecule has 2 atom stereocenters. The SMILES string of the molecule is CNCC(C)C(C)CCC(C)(C)C. The van der Waals surface area contributed by atoms with Gasteiger partial charge in [-0.15, -0.1) is 0 Å². The van der Waals surface area contributed by atoms with E-state index < -0.39 is 0 Å². The second kappa shape index (κ2) is 5.64. The predicted molar refractivity (Wildman–Crippen MR) is 60.9 cm³/mol. The van der Waals surface area contributed by atoms with Crippen LogP contribution in [0.3, 0.4) is 0 Å². The van der Waals surface area contributed by atoms with Crippen molar-refractivity contribution in [3.05, 3.63) is 0 Å². The first-order valence-corrected chi connectivity index (χ1v) is 5.51. The highest BCUT2D eigenvalue weighted by Crippen LogP contribution is 2.26. The largest absolute Gasteiger partial charge is 0.319 e. The molecule has 0 saturated carbocycles. The summed E-state index contributed by atoms with van der Waals surface area (Å²) >= 11 is 0. The molecular formula is C12H27N. The first-order valence-electron chi connectivity index (χ1n) is 5.51. The molecule has 1 N–H and O–H groups in total. The fourth-order valence-corrected chi connectivity index (χ4v) is 1.47. The third-order valence-corrected chi connectivity index (χ3v) is 2.85. The minimum atomic E-state index is 0.494. The normalized spacial score (nSPS) is 17.1. The maximum absolute atomic E-state index is 3.25. The first kappa shape index (κ1) is 13.0. The van der Waals surface area contributed by atoms with E-state index in [0.717, 1.165) is 18.4 Å². The highest BCUT2D eigenvalue weighted by atomic mass is 14.8. The summed E-state index contributed by atoms with van der Waals surface area (Å²) in [5, 5.41) is 3.25. The van der Waals surface area contributed by atoms with Crippen LogP contribution in [0.4, 0.5) is 0 Å². The van der Waals surface area contributed by atoms with E-state index in [1.54, 1.807) is 0 Å². The van der Waals surface area contributed by atoms with Gasteiger partial charge in [-0.05, 0) is 43.7 Å². The molecule has 0 aliphatic carbocycles. The number of hydrogen-bond acceptors (Lipinski definition) is 1. The molecule has 0 fully saturated rings. The second-order valence-electron chi connectivity index (χ2n) is 5.61. The molecule has 0 aliphatic rings. The van der Waals surface area contributed by atoms with Gasteiger partial charge in [0.2, 0.25) is 0 Å². The lowest BCUT2D eigenvalue weighted by Crippen LogP contribution is -2.22. The summed E-state index contributed by atoms with van der Waals surface area (Å²) in [5.41, 5.74) is 0.494. The maximum Gasteiger partial charge on any atom is -0.00236 e. The van der Waals surface area contributed by atoms with Gasteiger partial charge >= 0.3 is 0 Å². The summed E-state index contributed by atoms with van der Waals surface area (Å²) in [7, 11) is 2.03. The molecule has 0 bridgehead atoms. The van der Waals surface area contributed by atoms with Crippen molar-refractivity contribution in [3.8, 4) is 0 Å². The Balaban J connectivity index is 3.67. The summed E-state index contributed by atoms with van der Waals surface area (Å²) in [5.74, 6) is 1.64. The molecule has 80 valence electrons. The van der Waals surface area contributed by atoms with Gasteiger partial charge in [0.05, 0.1) is 0 Å². The van der Waals surface area contributed by atoms with Crippen LogP contribution in [-0.2, 0) is 0 Å². The van der Waals surface area contributed by atoms with Crippen LogP contribution in [0, 0.1) is 17.3 Å². The Hall–Kier alpha value is -0.0400. The molecule has 0 amide bonds. The van der Waals surface area contributed by atoms with Crippen molar-refractivity contribution < 1.29 is 0 Å². The molecule has 0 aromatic heterocycles. The summed E-state index contributed by atoms with van der Waals surface area (Å²) in [6, 6.07) is 0. The van der Waals surface area contributed by atoms with E-state index in [4.69, 9.17) is 0 Å². The van der Waals surface area contributed by atoms with Crippen molar-refractivity contribution in [2.75, 3.05) is 13.6 Å². The number of hydrogen-bond donors (Lipinski definition) is 1. The third kappa shape index (κ3) is 7.06. The molecule has 0 saturated heterocycles. The van der Waals surface area contributed by atoms with E-state index in [1.165, 1.54) is 12.8 Å². The molecule has 13 heavy (non-hydrogen) atoms. The van der Waals surface area contributed by atoms with Crippen molar-refractivity contribution >= 4 is 0 Å². The number of rotatable bonds is 5. The molecule has 1 heteroatoms. The minimum Gasteiger partial charge on any atom is -0.319 e. The Kier molecular flexibility index (Phi) is 5.62. The van der Waals surface area contributed by atoms with Crippen LogP contribution in [-0.4, -0.2) is 13.6 Å². The zero-order valence-electron chi connectivity index (χ0n) is 10.3. The van der Waals surface area contributed by atoms with Crippen molar-refractivity contribution in [2.24, 2.45) is 17.3 Å². The molecular weight excluding hydrogens is 158 g/mol. The second-order valence-corrected chi connectivity index (χ2v) is 5.61. The fraction of sp³-hybridized carbons (Fsp3) is 1.00. The van der Waals surface area contributed by atoms with Crippen LogP contribution in [0.2, 0.25) is 0 Å². The zero-order valence-corrected chi connectivity index (χ0v) is 10.3. The molecule has 1 nitrogen and oxygen atoms in total. The van der Waals surface area contributed by atoms with Gasteiger partial charge in [0.15, 0.2) is 0 Å². The van der Waals surface area contributed by atoms with E-state index in [2.05, 4.69) is 39.9 Å². The van der Waals surface area contributed by atoms with Gasteiger partial charge in [-0.3, -0.25) is 0 Å². The van der Waals surface area contributed by atoms with Crippen LogP contribution in [0.5, 0.6) is 0 Å². The van der Waals surface area contributed by atoms with E-state index in [0.29, 0.717) is 5.41 Å². The molecule has 0 spiro atoms. The Morgan fingerprint density at radius 1 is 1.08 bits per heavy atom. The van der Waals surface area contributed by atoms with Crippen LogP contribution in [0.25, 0.3) is 0 Å². The quantitative estimate of drug-likeness (QED) is 0.693. The standard InChI is InChI=1S/C12H27N/c1-10(11(2)9-13-6)7-8-12(3,4)5/h10-11,13H,7-9H2,1-6H3. The Morgan fingerprint density at radius 3 is 2.00 bits per heavy atom. The first-order chi connectivity index (χ1) is 5.87. The Morgan fingerprint density at radius 2 is 1.62 bits per heavy atom. The van der Waals surface area contributed by atoms with Crippen molar-refractivity contribution in [1.82, 2.24) is 5.32 Å². The van der Waals surface area contributed by atoms with Gasteiger partial charge in [0.25, 0.3) is 0 Å². The van der Waals surface area contributed by atoms with E-state index in [9.17, 15) is 0 Å². The van der Waals surface area contributed by atoms with E-state index in [1.807, 2.05) is 7.05 Å². The molecule has 0 aromatic rings. The van der Waals surface area contributed by atoms with Gasteiger partial charge in [-0.2, -0.15) is 0 Å². The van der Waals surface area contributed by atoms with Crippen LogP contribution in [0.15, 0.2) is 0 Å². The third-order valence-electron chi connectivity index (χ3n) is 2.85. The molecule has 0 radical (unpaired) electrons. The van der Waals surface area contributed by atoms with Crippen molar-refractivity contribution in [2.45, 2.75) is 47.5 Å². The fourth-order valence-electron chi connectivity index (χ4n) is 1.47. The monoisotopic (exact) mass is 185 g/mol. The van der Waals surface area contributed by atoms with Crippen LogP contribution < -0.4 is 5.32 Å². The molecule has 0 heterocycles. The van der Waals surface area contributed by atoms with E-state index in [-0.39, 0.29) is 0 Å². The molecule has 0 aromatic carbocycles. The summed E-state index contributed by atoms with van der Waals surface area (Å²) in [6.07, 6.45) is 2.69.